The lowest BCUT2D eigenvalue weighted by atomic mass is 10.1. The maximum atomic E-state index is 13.7. The monoisotopic (exact) mass is 451 g/mol. The van der Waals surface area contributed by atoms with Gasteiger partial charge in [0.1, 0.15) is 12.1 Å². The lowest BCUT2D eigenvalue weighted by Gasteiger charge is -2.34. The van der Waals surface area contributed by atoms with E-state index in [1.165, 1.54) is 23.6 Å². The summed E-state index contributed by atoms with van der Waals surface area (Å²) in [5, 5.41) is 2.66. The van der Waals surface area contributed by atoms with Crippen molar-refractivity contribution in [3.8, 4) is 0 Å². The van der Waals surface area contributed by atoms with Gasteiger partial charge in [0.05, 0.1) is 6.54 Å². The van der Waals surface area contributed by atoms with Crippen LogP contribution in [0.25, 0.3) is 0 Å². The zero-order chi connectivity index (χ0) is 23.4. The number of halogens is 1. The summed E-state index contributed by atoms with van der Waals surface area (Å²) in [6, 6.07) is 13.3. The minimum Gasteiger partial charge on any atom is -0.447 e. The molecule has 1 N–H and O–H groups in total. The summed E-state index contributed by atoms with van der Waals surface area (Å²) in [6.45, 7) is 6.89. The predicted octanol–water partition coefficient (Wildman–Crippen LogP) is 3.76. The number of hydrogen-bond donors (Lipinski definition) is 1. The van der Waals surface area contributed by atoms with Gasteiger partial charge in [0, 0.05) is 58.2 Å². The van der Waals surface area contributed by atoms with Crippen LogP contribution >= 0.6 is 0 Å². The maximum absolute atomic E-state index is 13.7. The topological polar surface area (TPSA) is 64.9 Å². The van der Waals surface area contributed by atoms with Crippen LogP contribution in [-0.2, 0) is 13.1 Å². The van der Waals surface area contributed by atoms with Crippen molar-refractivity contribution in [2.45, 2.75) is 20.0 Å². The molecule has 1 aromatic heterocycles. The maximum Gasteiger partial charge on any atom is 0.277 e. The van der Waals surface area contributed by atoms with Crippen LogP contribution in [0.3, 0.4) is 0 Å². The van der Waals surface area contributed by atoms with Crippen LogP contribution in [0.5, 0.6) is 0 Å². The molecule has 1 aliphatic heterocycles. The molecule has 0 aliphatic carbocycles. The number of oxazole rings is 1. The molecule has 1 aliphatic rings. The average Bonchev–Trinajstić information content (AvgIpc) is 3.27. The third kappa shape index (κ3) is 5.97. The minimum atomic E-state index is -0.418. The molecule has 0 unspecified atom stereocenters. The van der Waals surface area contributed by atoms with Gasteiger partial charge in [0.25, 0.3) is 5.91 Å². The molecule has 0 radical (unpaired) electrons. The normalized spacial score (nSPS) is 14.9. The second kappa shape index (κ2) is 10.1. The van der Waals surface area contributed by atoms with E-state index in [1.807, 2.05) is 14.1 Å². The Labute approximate surface area is 193 Å². The van der Waals surface area contributed by atoms with E-state index in [1.54, 1.807) is 19.1 Å². The highest BCUT2D eigenvalue weighted by molar-refractivity contribution is 6.02. The second-order valence-electron chi connectivity index (χ2n) is 8.66. The first kappa shape index (κ1) is 22.9. The van der Waals surface area contributed by atoms with E-state index in [-0.39, 0.29) is 11.5 Å². The van der Waals surface area contributed by atoms with Crippen LogP contribution in [0.1, 0.15) is 27.5 Å². The minimum absolute atomic E-state index is 0.186. The lowest BCUT2D eigenvalue weighted by Crippen LogP contribution is -2.45. The number of nitrogens with one attached hydrogen (secondary N) is 1. The quantitative estimate of drug-likeness (QED) is 0.590. The van der Waals surface area contributed by atoms with E-state index >= 15 is 0 Å². The van der Waals surface area contributed by atoms with Crippen molar-refractivity contribution in [1.29, 1.82) is 0 Å². The fourth-order valence-corrected chi connectivity index (χ4v) is 3.81. The van der Waals surface area contributed by atoms with Gasteiger partial charge in [-0.2, -0.15) is 0 Å². The van der Waals surface area contributed by atoms with Gasteiger partial charge in [-0.15, -0.1) is 0 Å². The zero-order valence-electron chi connectivity index (χ0n) is 19.3. The second-order valence-corrected chi connectivity index (χ2v) is 8.66. The van der Waals surface area contributed by atoms with Gasteiger partial charge in [-0.25, -0.2) is 9.37 Å². The Bertz CT molecular complexity index is 1090. The van der Waals surface area contributed by atoms with Crippen LogP contribution in [0, 0.1) is 12.7 Å². The largest absolute Gasteiger partial charge is 0.447 e. The van der Waals surface area contributed by atoms with E-state index in [0.29, 0.717) is 23.7 Å². The van der Waals surface area contributed by atoms with Crippen LogP contribution in [0.2, 0.25) is 0 Å². The van der Waals surface area contributed by atoms with Crippen molar-refractivity contribution in [2.75, 3.05) is 50.5 Å². The number of benzene rings is 2. The third-order valence-corrected chi connectivity index (χ3v) is 5.90. The Morgan fingerprint density at radius 1 is 1.06 bits per heavy atom. The molecule has 2 aromatic carbocycles. The summed E-state index contributed by atoms with van der Waals surface area (Å²) in [4.78, 5) is 23.5. The summed E-state index contributed by atoms with van der Waals surface area (Å²) in [5.41, 5.74) is 3.62. The molecule has 7 nitrogen and oxygen atoms in total. The smallest absolute Gasteiger partial charge is 0.277 e. The van der Waals surface area contributed by atoms with Crippen LogP contribution < -0.4 is 10.2 Å². The van der Waals surface area contributed by atoms with Crippen LogP contribution in [-0.4, -0.2) is 61.0 Å². The van der Waals surface area contributed by atoms with Gasteiger partial charge < -0.3 is 14.6 Å². The molecule has 1 amide bonds. The fourth-order valence-electron chi connectivity index (χ4n) is 3.81. The Balaban J connectivity index is 1.25. The summed E-state index contributed by atoms with van der Waals surface area (Å²) >= 11 is 0. The summed E-state index contributed by atoms with van der Waals surface area (Å²) in [7, 11) is 4.09. The molecule has 4 rings (SSSR count). The number of aryl methyl sites for hydroxylation is 1. The van der Waals surface area contributed by atoms with Crippen molar-refractivity contribution < 1.29 is 13.6 Å². The van der Waals surface area contributed by atoms with Crippen molar-refractivity contribution in [2.24, 2.45) is 0 Å². The number of carbonyl (C=O) groups excluding carboxylic acids is 1. The zero-order valence-corrected chi connectivity index (χ0v) is 19.3. The van der Waals surface area contributed by atoms with Crippen LogP contribution in [0.4, 0.5) is 15.8 Å². The van der Waals surface area contributed by atoms with Gasteiger partial charge in [0.15, 0.2) is 5.69 Å². The first-order valence-corrected chi connectivity index (χ1v) is 11.1. The molecule has 8 heteroatoms. The standard InChI is InChI=1S/C25H30FN5O2/c1-18-4-7-20(14-22(18)26)27-25(32)23-17-33-24(28-23)16-31-12-10-30(11-13-31)15-19-5-8-21(9-6-19)29(2)3/h4-9,14,17H,10-13,15-16H2,1-3H3,(H,27,32). The molecule has 0 atom stereocenters. The first-order valence-electron chi connectivity index (χ1n) is 11.1. The molecule has 174 valence electrons. The Hall–Kier alpha value is -3.23. The molecular formula is C25H30FN5O2. The van der Waals surface area contributed by atoms with E-state index in [0.717, 1.165) is 32.7 Å². The Morgan fingerprint density at radius 2 is 1.73 bits per heavy atom. The van der Waals surface area contributed by atoms with E-state index in [9.17, 15) is 9.18 Å². The Kier molecular flexibility index (Phi) is 7.05. The number of rotatable bonds is 7. The van der Waals surface area contributed by atoms with Crippen molar-refractivity contribution in [3.05, 3.63) is 77.3 Å². The molecule has 0 bridgehead atoms. The number of amides is 1. The molecule has 0 saturated carbocycles. The van der Waals surface area contributed by atoms with Gasteiger partial charge in [-0.05, 0) is 42.3 Å². The number of anilines is 2. The lowest BCUT2D eigenvalue weighted by molar-refractivity contribution is 0.102. The molecule has 0 spiro atoms. The summed E-state index contributed by atoms with van der Waals surface area (Å²) < 4.78 is 19.2. The Morgan fingerprint density at radius 3 is 2.36 bits per heavy atom. The number of carbonyl (C=O) groups is 1. The van der Waals surface area contributed by atoms with Gasteiger partial charge in [-0.1, -0.05) is 18.2 Å². The van der Waals surface area contributed by atoms with E-state index in [2.05, 4.69) is 49.3 Å². The SMILES string of the molecule is Cc1ccc(NC(=O)c2coc(CN3CCN(Cc4ccc(N(C)C)cc4)CC3)n2)cc1F. The molecule has 1 fully saturated rings. The van der Waals surface area contributed by atoms with Crippen molar-refractivity contribution >= 4 is 17.3 Å². The summed E-state index contributed by atoms with van der Waals surface area (Å²) in [6.07, 6.45) is 1.35. The van der Waals surface area contributed by atoms with E-state index < -0.39 is 5.91 Å². The van der Waals surface area contributed by atoms with Crippen LogP contribution in [0.15, 0.2) is 53.1 Å². The molecule has 3 aromatic rings. The number of aromatic nitrogens is 1. The molecule has 33 heavy (non-hydrogen) atoms. The third-order valence-electron chi connectivity index (χ3n) is 5.90. The van der Waals surface area contributed by atoms with Gasteiger partial charge in [-0.3, -0.25) is 14.6 Å². The van der Waals surface area contributed by atoms with E-state index in [4.69, 9.17) is 4.42 Å². The molecule has 1 saturated heterocycles. The number of nitrogens with zero attached hydrogens (tertiary/aromatic N) is 4. The highest BCUT2D eigenvalue weighted by Crippen LogP contribution is 2.17. The highest BCUT2D eigenvalue weighted by Gasteiger charge is 2.20. The summed E-state index contributed by atoms with van der Waals surface area (Å²) in [5.74, 6) is -0.278. The fraction of sp³-hybridized carbons (Fsp3) is 0.360. The highest BCUT2D eigenvalue weighted by atomic mass is 19.1. The van der Waals surface area contributed by atoms with Crippen molar-refractivity contribution in [1.82, 2.24) is 14.8 Å². The molecule has 2 heterocycles. The van der Waals surface area contributed by atoms with Gasteiger partial charge in [0.2, 0.25) is 5.89 Å². The predicted molar refractivity (Wildman–Crippen MR) is 127 cm³/mol. The van der Waals surface area contributed by atoms with Crippen molar-refractivity contribution in [3.63, 3.8) is 0 Å². The van der Waals surface area contributed by atoms with Gasteiger partial charge >= 0.3 is 0 Å². The number of piperazine rings is 1. The first-order chi connectivity index (χ1) is 15.9. The average molecular weight is 452 g/mol. The number of hydrogen-bond acceptors (Lipinski definition) is 6. The molecular weight excluding hydrogens is 421 g/mol.